The van der Waals surface area contributed by atoms with E-state index in [0.717, 1.165) is 11.8 Å². The highest BCUT2D eigenvalue weighted by molar-refractivity contribution is 8.01. The highest BCUT2D eigenvalue weighted by Crippen LogP contribution is 2.42. The van der Waals surface area contributed by atoms with Gasteiger partial charge in [0.2, 0.25) is 17.9 Å². The Balaban J connectivity index is 1.73. The molecule has 0 spiro atoms. The lowest BCUT2D eigenvalue weighted by molar-refractivity contribution is -0.166. The molecule has 2 aliphatic heterocycles. The summed E-state index contributed by atoms with van der Waals surface area (Å²) < 4.78 is 48.0. The molecule has 2 aliphatic rings. The molecule has 18 heteroatoms. The summed E-state index contributed by atoms with van der Waals surface area (Å²) in [5.74, 6) is -3.66. The van der Waals surface area contributed by atoms with Crippen LogP contribution in [0.5, 0.6) is 0 Å². The summed E-state index contributed by atoms with van der Waals surface area (Å²) in [6.45, 7) is 0.459. The molecule has 1 N–H and O–H groups in total. The van der Waals surface area contributed by atoms with Crippen molar-refractivity contribution < 1.29 is 41.8 Å². The fourth-order valence-electron chi connectivity index (χ4n) is 2.87. The number of β-lactam (4-membered cyclic amide) rings is 1. The second-order valence-corrected chi connectivity index (χ2v) is 9.79. The lowest BCUT2D eigenvalue weighted by atomic mass is 10.0. The largest absolute Gasteiger partial charge is 0.442 e. The summed E-state index contributed by atoms with van der Waals surface area (Å²) >= 11 is 1.92. The van der Waals surface area contributed by atoms with E-state index in [9.17, 15) is 32.3 Å². The number of thioether (sulfide) groups is 3. The van der Waals surface area contributed by atoms with Crippen LogP contribution in [-0.4, -0.2) is 89.8 Å². The van der Waals surface area contributed by atoms with Gasteiger partial charge >= 0.3 is 17.4 Å². The Bertz CT molecular complexity index is 1020. The van der Waals surface area contributed by atoms with Crippen LogP contribution in [-0.2, 0) is 35.7 Å². The second-order valence-electron chi connectivity index (χ2n) is 6.70. The van der Waals surface area contributed by atoms with E-state index in [1.807, 2.05) is 0 Å². The fourth-order valence-corrected chi connectivity index (χ4v) is 5.59. The van der Waals surface area contributed by atoms with Crippen molar-refractivity contribution in [2.45, 2.75) is 29.0 Å². The third-order valence-electron chi connectivity index (χ3n) is 4.33. The average Bonchev–Trinajstić information content (AvgIpc) is 3.17. The molecule has 0 saturated carbocycles. The van der Waals surface area contributed by atoms with Gasteiger partial charge in [-0.3, -0.25) is 19.3 Å². The Hall–Kier alpha value is -2.47. The van der Waals surface area contributed by atoms with Crippen LogP contribution in [0.15, 0.2) is 16.4 Å². The van der Waals surface area contributed by atoms with Crippen LogP contribution in [0.2, 0.25) is 0 Å². The number of nitrogens with one attached hydrogen (secondary N) is 1. The van der Waals surface area contributed by atoms with Gasteiger partial charge in [-0.15, -0.1) is 16.9 Å². The molecule has 2 amide bonds. The molecule has 0 aliphatic carbocycles. The maximum atomic E-state index is 12.8. The number of aromatic nitrogens is 4. The zero-order valence-electron chi connectivity index (χ0n) is 17.5. The summed E-state index contributed by atoms with van der Waals surface area (Å²) in [5.41, 5.74) is -4.16. The number of aryl methyl sites for hydroxylation is 1. The van der Waals surface area contributed by atoms with E-state index < -0.39 is 65.0 Å². The van der Waals surface area contributed by atoms with Crippen LogP contribution in [0.3, 0.4) is 0 Å². The molecular weight excluding hydrogens is 525 g/mol. The average molecular weight is 543 g/mol. The number of ether oxygens (including phenoxy) is 2. The van der Waals surface area contributed by atoms with Crippen LogP contribution in [0.4, 0.5) is 13.2 Å². The summed E-state index contributed by atoms with van der Waals surface area (Å²) in [6, 6.07) is -1.10. The van der Waals surface area contributed by atoms with Crippen molar-refractivity contribution in [3.63, 3.8) is 0 Å². The third-order valence-corrected chi connectivity index (χ3v) is 7.50. The first-order chi connectivity index (χ1) is 16.0. The molecule has 0 bridgehead atoms. The molecular formula is C16H17F3N6O6S3. The number of nitrogens with zero attached hydrogens (tertiary/aromatic N) is 5. The maximum absolute atomic E-state index is 12.8. The molecule has 0 radical (unpaired) electrons. The highest BCUT2D eigenvalue weighted by atomic mass is 32.2. The molecule has 0 aromatic carbocycles. The molecule has 12 nitrogen and oxygen atoms in total. The molecule has 3 heterocycles. The van der Waals surface area contributed by atoms with Crippen LogP contribution in [0.1, 0.15) is 6.92 Å². The number of carbonyl (C=O) groups is 4. The Morgan fingerprint density at radius 1 is 1.29 bits per heavy atom. The van der Waals surface area contributed by atoms with Gasteiger partial charge in [0.1, 0.15) is 17.1 Å². The van der Waals surface area contributed by atoms with Gasteiger partial charge in [-0.2, -0.15) is 13.2 Å². The first-order valence-electron chi connectivity index (χ1n) is 9.30. The molecule has 1 unspecified atom stereocenters. The predicted octanol–water partition coefficient (Wildman–Crippen LogP) is 0.273. The Morgan fingerprint density at radius 2 is 2.03 bits per heavy atom. The number of hydrogen-bond acceptors (Lipinski definition) is 12. The minimum absolute atomic E-state index is 0.0845. The Morgan fingerprint density at radius 3 is 2.65 bits per heavy atom. The van der Waals surface area contributed by atoms with E-state index in [1.165, 1.54) is 28.2 Å². The predicted molar refractivity (Wildman–Crippen MR) is 113 cm³/mol. The van der Waals surface area contributed by atoms with E-state index in [-0.39, 0.29) is 17.2 Å². The number of fused-ring (bicyclic) bond motifs is 1. The summed E-state index contributed by atoms with van der Waals surface area (Å²) in [7, 11) is 1.62. The first kappa shape index (κ1) is 26.1. The number of hydrogen-bond donors (Lipinski definition) is 1. The van der Waals surface area contributed by atoms with Crippen LogP contribution < -0.4 is 5.32 Å². The number of alkyl halides is 3. The quantitative estimate of drug-likeness (QED) is 0.198. The second kappa shape index (κ2) is 10.9. The van der Waals surface area contributed by atoms with E-state index in [2.05, 4.69) is 25.6 Å². The van der Waals surface area contributed by atoms with E-state index in [0.29, 0.717) is 10.7 Å². The van der Waals surface area contributed by atoms with Crippen LogP contribution in [0.25, 0.3) is 0 Å². The van der Waals surface area contributed by atoms with Crippen LogP contribution in [0, 0.1) is 0 Å². The van der Waals surface area contributed by atoms with Gasteiger partial charge in [-0.25, -0.2) is 9.48 Å². The lowest BCUT2D eigenvalue weighted by Gasteiger charge is -2.49. The van der Waals surface area contributed by atoms with Crippen molar-refractivity contribution in [3.8, 4) is 0 Å². The minimum atomic E-state index is -4.58. The number of carbonyl (C=O) groups excluding carboxylic acids is 4. The van der Waals surface area contributed by atoms with Crippen molar-refractivity contribution >= 4 is 59.0 Å². The zero-order valence-corrected chi connectivity index (χ0v) is 20.0. The van der Waals surface area contributed by atoms with Crippen molar-refractivity contribution in [2.24, 2.45) is 7.05 Å². The maximum Gasteiger partial charge on any atom is 0.442 e. The molecule has 1 aromatic rings. The summed E-state index contributed by atoms with van der Waals surface area (Å²) in [5, 5.41) is 13.1. The van der Waals surface area contributed by atoms with Gasteiger partial charge in [0.05, 0.1) is 5.75 Å². The van der Waals surface area contributed by atoms with Gasteiger partial charge in [-0.05, 0) is 27.8 Å². The molecule has 1 fully saturated rings. The number of tetrazole rings is 1. The lowest BCUT2D eigenvalue weighted by Crippen LogP contribution is -2.70. The number of esters is 2. The minimum Gasteiger partial charge on any atom is -0.428 e. The summed E-state index contributed by atoms with van der Waals surface area (Å²) in [4.78, 5) is 49.5. The number of amides is 2. The van der Waals surface area contributed by atoms with Crippen molar-refractivity contribution in [1.82, 2.24) is 30.4 Å². The number of rotatable bonds is 9. The molecule has 186 valence electrons. The van der Waals surface area contributed by atoms with Gasteiger partial charge < -0.3 is 14.8 Å². The Kier molecular flexibility index (Phi) is 8.34. The van der Waals surface area contributed by atoms with E-state index in [1.54, 1.807) is 7.05 Å². The normalized spacial score (nSPS) is 19.9. The Labute approximate surface area is 202 Å². The molecule has 3 rings (SSSR count). The number of halogens is 3. The van der Waals surface area contributed by atoms with E-state index >= 15 is 0 Å². The molecule has 34 heavy (non-hydrogen) atoms. The standard InChI is InChI=1S/C16H17F3N6O6S3/c1-7(26)30-6-31-14(29)11-8(4-33-15-21-22-23-24(15)2)3-32-13-10(12(28)25(11)13)20-9(27)5-34-16(17,18)19/h10,13H,3-6H2,1-2H3,(H,20,27)/t10?,13-/m1/s1. The van der Waals surface area contributed by atoms with E-state index in [4.69, 9.17) is 4.74 Å². The topological polar surface area (TPSA) is 146 Å². The monoisotopic (exact) mass is 542 g/mol. The molecule has 1 saturated heterocycles. The smallest absolute Gasteiger partial charge is 0.428 e. The molecule has 2 atom stereocenters. The zero-order chi connectivity index (χ0) is 25.0. The van der Waals surface area contributed by atoms with Gasteiger partial charge in [0, 0.05) is 25.5 Å². The van der Waals surface area contributed by atoms with Gasteiger partial charge in [-0.1, -0.05) is 11.8 Å². The summed E-state index contributed by atoms with van der Waals surface area (Å²) in [6.07, 6.45) is 0. The van der Waals surface area contributed by atoms with Crippen LogP contribution >= 0.6 is 35.3 Å². The van der Waals surface area contributed by atoms with Gasteiger partial charge in [0.15, 0.2) is 0 Å². The van der Waals surface area contributed by atoms with Crippen molar-refractivity contribution in [2.75, 3.05) is 24.1 Å². The highest BCUT2D eigenvalue weighted by Gasteiger charge is 2.54. The molecule has 1 aromatic heterocycles. The van der Waals surface area contributed by atoms with Gasteiger partial charge in [0.25, 0.3) is 5.91 Å². The fraction of sp³-hybridized carbons (Fsp3) is 0.562. The van der Waals surface area contributed by atoms with Crippen molar-refractivity contribution in [3.05, 3.63) is 11.3 Å². The third kappa shape index (κ3) is 6.35. The SMILES string of the molecule is CC(=O)OCOC(=O)C1=C(CSc2nnnn2C)CS[C@@H]2C(NC(=O)CSC(F)(F)F)C(=O)N12. The first-order valence-corrected chi connectivity index (χ1v) is 12.3. The van der Waals surface area contributed by atoms with Crippen molar-refractivity contribution in [1.29, 1.82) is 0 Å².